The maximum absolute atomic E-state index is 13.7. The highest BCUT2D eigenvalue weighted by Gasteiger charge is 2.53. The number of piperazine rings is 1. The Labute approximate surface area is 239 Å². The van der Waals surface area contributed by atoms with E-state index in [1.165, 1.54) is 0 Å². The van der Waals surface area contributed by atoms with Crippen LogP contribution in [-0.2, 0) is 19.1 Å². The highest BCUT2D eigenvalue weighted by atomic mass is 32.1. The van der Waals surface area contributed by atoms with Gasteiger partial charge in [0.2, 0.25) is 5.91 Å². The number of ketones is 1. The van der Waals surface area contributed by atoms with E-state index in [-0.39, 0.29) is 42.8 Å². The fourth-order valence-corrected chi connectivity index (χ4v) is 6.56. The number of likely N-dealkylation sites (tertiary alicyclic amines) is 1. The zero-order valence-electron chi connectivity index (χ0n) is 23.7. The van der Waals surface area contributed by atoms with Gasteiger partial charge < -0.3 is 29.5 Å². The SMILES string of the molecule is CCO[C@H]1CN(C(=O)C(CC(C)C)NC(=O)c2ccc(-c3csc(N4CCN(C)CC4)n3)cc2)[C@@H]2C(=O)CO[C@H]12. The van der Waals surface area contributed by atoms with Gasteiger partial charge >= 0.3 is 0 Å². The second-order valence-electron chi connectivity index (χ2n) is 11.2. The number of benzene rings is 1. The molecule has 0 radical (unpaired) electrons. The van der Waals surface area contributed by atoms with Crippen LogP contribution in [0.1, 0.15) is 37.6 Å². The standard InChI is InChI=1S/C29H39N5O5S/c1-5-38-24-15-34(25-23(35)16-39-26(24)25)28(37)21(14-18(2)3)30-27(36)20-8-6-19(7-9-20)22-17-40-29(31-22)33-12-10-32(4)11-13-33/h6-9,17-18,21,24-26H,5,10-16H2,1-4H3,(H,30,36)/t21?,24-,25+,26+/m0/s1. The van der Waals surface area contributed by atoms with Crippen molar-refractivity contribution in [3.63, 3.8) is 0 Å². The van der Waals surface area contributed by atoms with E-state index in [0.717, 1.165) is 42.6 Å². The number of Topliss-reactive ketones (excluding diaryl/α,β-unsaturated/α-hetero) is 1. The average molecular weight is 570 g/mol. The number of nitrogens with one attached hydrogen (secondary N) is 1. The molecule has 3 aliphatic rings. The van der Waals surface area contributed by atoms with Gasteiger partial charge in [-0.3, -0.25) is 14.4 Å². The topological polar surface area (TPSA) is 104 Å². The number of carbonyl (C=O) groups excluding carboxylic acids is 3. The van der Waals surface area contributed by atoms with Gasteiger partial charge in [-0.15, -0.1) is 11.3 Å². The van der Waals surface area contributed by atoms with E-state index in [9.17, 15) is 14.4 Å². The second-order valence-corrected chi connectivity index (χ2v) is 12.0. The molecule has 3 aliphatic heterocycles. The molecule has 0 bridgehead atoms. The van der Waals surface area contributed by atoms with Gasteiger partial charge in [0, 0.05) is 49.3 Å². The molecule has 0 aliphatic carbocycles. The molecule has 0 saturated carbocycles. The van der Waals surface area contributed by atoms with Crippen molar-refractivity contribution in [1.82, 2.24) is 20.1 Å². The summed E-state index contributed by atoms with van der Waals surface area (Å²) in [5.41, 5.74) is 2.29. The second kappa shape index (κ2) is 12.3. The van der Waals surface area contributed by atoms with Crippen LogP contribution in [0.5, 0.6) is 0 Å². The van der Waals surface area contributed by atoms with E-state index in [0.29, 0.717) is 18.6 Å². The molecule has 5 rings (SSSR count). The number of thiazole rings is 1. The first kappa shape index (κ1) is 28.7. The number of hydrogen-bond acceptors (Lipinski definition) is 9. The number of rotatable bonds is 9. The lowest BCUT2D eigenvalue weighted by Crippen LogP contribution is -2.52. The maximum atomic E-state index is 13.7. The Kier molecular flexibility index (Phi) is 8.84. The van der Waals surface area contributed by atoms with E-state index in [1.54, 1.807) is 28.4 Å². The van der Waals surface area contributed by atoms with E-state index >= 15 is 0 Å². The Bertz CT molecular complexity index is 1210. The van der Waals surface area contributed by atoms with Crippen molar-refractivity contribution in [2.24, 2.45) is 5.92 Å². The van der Waals surface area contributed by atoms with Gasteiger partial charge in [-0.2, -0.15) is 0 Å². The molecule has 3 saturated heterocycles. The summed E-state index contributed by atoms with van der Waals surface area (Å²) in [7, 11) is 2.13. The summed E-state index contributed by atoms with van der Waals surface area (Å²) in [6.45, 7) is 10.6. The molecular weight excluding hydrogens is 530 g/mol. The molecular formula is C29H39N5O5S. The monoisotopic (exact) mass is 569 g/mol. The predicted octanol–water partition coefficient (Wildman–Crippen LogP) is 2.29. The Morgan fingerprint density at radius 2 is 1.90 bits per heavy atom. The van der Waals surface area contributed by atoms with Crippen LogP contribution in [0, 0.1) is 5.92 Å². The minimum absolute atomic E-state index is 0.0217. The number of aromatic nitrogens is 1. The molecule has 2 aromatic rings. The summed E-state index contributed by atoms with van der Waals surface area (Å²) in [5, 5.41) is 6.01. The lowest BCUT2D eigenvalue weighted by Gasteiger charge is -2.32. The molecule has 4 atom stereocenters. The minimum atomic E-state index is -0.758. The molecule has 1 N–H and O–H groups in total. The van der Waals surface area contributed by atoms with E-state index in [4.69, 9.17) is 14.5 Å². The maximum Gasteiger partial charge on any atom is 0.251 e. The van der Waals surface area contributed by atoms with Crippen LogP contribution >= 0.6 is 11.3 Å². The summed E-state index contributed by atoms with van der Waals surface area (Å²) in [4.78, 5) is 50.6. The smallest absolute Gasteiger partial charge is 0.251 e. The van der Waals surface area contributed by atoms with Crippen LogP contribution in [0.4, 0.5) is 5.13 Å². The molecule has 10 nitrogen and oxygen atoms in total. The van der Waals surface area contributed by atoms with Crippen molar-refractivity contribution in [1.29, 1.82) is 0 Å². The summed E-state index contributed by atoms with van der Waals surface area (Å²) in [6.07, 6.45) is -0.351. The quantitative estimate of drug-likeness (QED) is 0.491. The first-order chi connectivity index (χ1) is 19.2. The van der Waals surface area contributed by atoms with Crippen molar-refractivity contribution in [2.75, 3.05) is 57.9 Å². The van der Waals surface area contributed by atoms with Crippen LogP contribution in [-0.4, -0.2) is 110 Å². The summed E-state index contributed by atoms with van der Waals surface area (Å²) in [5.74, 6) is -0.558. The number of likely N-dealkylation sites (N-methyl/N-ethyl adjacent to an activating group) is 1. The molecule has 4 heterocycles. The number of hydrogen-bond donors (Lipinski definition) is 1. The number of anilines is 1. The molecule has 216 valence electrons. The van der Waals surface area contributed by atoms with Crippen LogP contribution in [0.25, 0.3) is 11.3 Å². The van der Waals surface area contributed by atoms with Crippen LogP contribution in [0.15, 0.2) is 29.6 Å². The zero-order valence-corrected chi connectivity index (χ0v) is 24.5. The van der Waals surface area contributed by atoms with Gasteiger partial charge in [-0.05, 0) is 38.4 Å². The van der Waals surface area contributed by atoms with E-state index in [1.807, 2.05) is 38.3 Å². The Balaban J connectivity index is 1.26. The molecule has 1 aromatic heterocycles. The van der Waals surface area contributed by atoms with Gasteiger partial charge in [0.05, 0.1) is 12.2 Å². The predicted molar refractivity (Wildman–Crippen MR) is 154 cm³/mol. The molecule has 40 heavy (non-hydrogen) atoms. The normalized spacial score (nSPS) is 24.0. The molecule has 0 spiro atoms. The highest BCUT2D eigenvalue weighted by Crippen LogP contribution is 2.31. The largest absolute Gasteiger partial charge is 0.374 e. The molecule has 1 aromatic carbocycles. The lowest BCUT2D eigenvalue weighted by atomic mass is 10.0. The molecule has 11 heteroatoms. The minimum Gasteiger partial charge on any atom is -0.374 e. The third-order valence-corrected chi connectivity index (χ3v) is 8.72. The number of nitrogens with zero attached hydrogens (tertiary/aromatic N) is 4. The molecule has 1 unspecified atom stereocenters. The van der Waals surface area contributed by atoms with Crippen molar-refractivity contribution < 1.29 is 23.9 Å². The first-order valence-corrected chi connectivity index (χ1v) is 15.0. The van der Waals surface area contributed by atoms with Crippen LogP contribution in [0.3, 0.4) is 0 Å². The summed E-state index contributed by atoms with van der Waals surface area (Å²) >= 11 is 1.63. The highest BCUT2D eigenvalue weighted by molar-refractivity contribution is 7.14. The third-order valence-electron chi connectivity index (χ3n) is 7.82. The lowest BCUT2D eigenvalue weighted by molar-refractivity contribution is -0.138. The fourth-order valence-electron chi connectivity index (χ4n) is 5.67. The zero-order chi connectivity index (χ0) is 28.4. The van der Waals surface area contributed by atoms with Crippen molar-refractivity contribution in [3.05, 3.63) is 35.2 Å². The molecule has 2 amide bonds. The Morgan fingerprint density at radius 1 is 1.18 bits per heavy atom. The first-order valence-electron chi connectivity index (χ1n) is 14.1. The number of ether oxygens (including phenoxy) is 2. The van der Waals surface area contributed by atoms with Gasteiger partial charge in [-0.1, -0.05) is 26.0 Å². The van der Waals surface area contributed by atoms with Crippen LogP contribution < -0.4 is 10.2 Å². The van der Waals surface area contributed by atoms with Crippen molar-refractivity contribution in [2.45, 2.75) is 51.5 Å². The van der Waals surface area contributed by atoms with Crippen molar-refractivity contribution in [3.8, 4) is 11.3 Å². The van der Waals surface area contributed by atoms with Gasteiger partial charge in [0.25, 0.3) is 5.91 Å². The number of carbonyl (C=O) groups is 3. The van der Waals surface area contributed by atoms with E-state index in [2.05, 4.69) is 22.2 Å². The Hall–Kier alpha value is -2.86. The van der Waals surface area contributed by atoms with Gasteiger partial charge in [-0.25, -0.2) is 4.98 Å². The average Bonchev–Trinajstić information content (AvgIpc) is 3.66. The van der Waals surface area contributed by atoms with Gasteiger partial charge in [0.15, 0.2) is 10.9 Å². The fraction of sp³-hybridized carbons (Fsp3) is 0.586. The van der Waals surface area contributed by atoms with Crippen molar-refractivity contribution >= 4 is 34.1 Å². The number of amides is 2. The number of fused-ring (bicyclic) bond motifs is 1. The van der Waals surface area contributed by atoms with Gasteiger partial charge in [0.1, 0.15) is 30.9 Å². The Morgan fingerprint density at radius 3 is 2.58 bits per heavy atom. The third kappa shape index (κ3) is 6.07. The summed E-state index contributed by atoms with van der Waals surface area (Å²) < 4.78 is 11.4. The summed E-state index contributed by atoms with van der Waals surface area (Å²) in [6, 6.07) is 5.89. The van der Waals surface area contributed by atoms with Crippen LogP contribution in [0.2, 0.25) is 0 Å². The van der Waals surface area contributed by atoms with E-state index < -0.39 is 18.2 Å². The molecule has 3 fully saturated rings.